The number of ether oxygens (including phenoxy) is 1. The summed E-state index contributed by atoms with van der Waals surface area (Å²) in [6.07, 6.45) is 2.35. The molecule has 1 aromatic carbocycles. The quantitative estimate of drug-likeness (QED) is 0.439. The first-order chi connectivity index (χ1) is 12.3. The summed E-state index contributed by atoms with van der Waals surface area (Å²) in [5, 5.41) is 17.8. The van der Waals surface area contributed by atoms with Gasteiger partial charge >= 0.3 is 11.9 Å². The van der Waals surface area contributed by atoms with E-state index in [1.165, 1.54) is 6.42 Å². The van der Waals surface area contributed by atoms with Crippen LogP contribution in [0, 0.1) is 0 Å². The molecule has 0 saturated carbocycles. The molecule has 0 bridgehead atoms. The van der Waals surface area contributed by atoms with Crippen molar-refractivity contribution in [3.8, 4) is 5.75 Å². The van der Waals surface area contributed by atoms with E-state index in [9.17, 15) is 4.79 Å². The van der Waals surface area contributed by atoms with Crippen LogP contribution in [0.15, 0.2) is 18.2 Å². The van der Waals surface area contributed by atoms with Gasteiger partial charge in [0.1, 0.15) is 5.75 Å². The number of carbonyl (C=O) groups is 3. The molecule has 1 atom stereocenters. The topological polar surface area (TPSA) is 142 Å². The zero-order valence-corrected chi connectivity index (χ0v) is 14.9. The Morgan fingerprint density at radius 3 is 2.50 bits per heavy atom. The van der Waals surface area contributed by atoms with Crippen molar-refractivity contribution in [3.05, 3.63) is 23.8 Å². The van der Waals surface area contributed by atoms with E-state index < -0.39 is 11.9 Å². The molecule has 0 aliphatic carbocycles. The fourth-order valence-corrected chi connectivity index (χ4v) is 2.75. The number of benzene rings is 1. The number of hydrogen-bond acceptors (Lipinski definition) is 6. The van der Waals surface area contributed by atoms with Crippen LogP contribution in [0.3, 0.4) is 0 Å². The Morgan fingerprint density at radius 1 is 1.31 bits per heavy atom. The highest BCUT2D eigenvalue weighted by Crippen LogP contribution is 2.21. The SMILES string of the molecule is CCN1CCCC1CNC(=O)c1cc(N)ccc1OC.O=C(O)C(=O)O. The summed E-state index contributed by atoms with van der Waals surface area (Å²) < 4.78 is 5.21. The average molecular weight is 367 g/mol. The van der Waals surface area contributed by atoms with Crippen LogP contribution < -0.4 is 15.8 Å². The molecule has 9 heteroatoms. The molecule has 5 N–H and O–H groups in total. The summed E-state index contributed by atoms with van der Waals surface area (Å²) in [6, 6.07) is 5.54. The maximum absolute atomic E-state index is 12.3. The molecule has 1 aromatic rings. The number of nitrogen functional groups attached to an aromatic ring is 1. The molecular weight excluding hydrogens is 342 g/mol. The number of amides is 1. The molecule has 1 unspecified atom stereocenters. The Balaban J connectivity index is 0.000000487. The van der Waals surface area contributed by atoms with Crippen molar-refractivity contribution < 1.29 is 29.3 Å². The van der Waals surface area contributed by atoms with Crippen molar-refractivity contribution in [1.82, 2.24) is 10.2 Å². The highest BCUT2D eigenvalue weighted by Gasteiger charge is 2.23. The second-order valence-corrected chi connectivity index (χ2v) is 5.70. The monoisotopic (exact) mass is 367 g/mol. The third-order valence-corrected chi connectivity index (χ3v) is 4.05. The predicted octanol–water partition coefficient (Wildman–Crippen LogP) is 0.647. The number of carbonyl (C=O) groups excluding carboxylic acids is 1. The lowest BCUT2D eigenvalue weighted by molar-refractivity contribution is -0.159. The van der Waals surface area contributed by atoms with Crippen molar-refractivity contribution in [2.45, 2.75) is 25.8 Å². The van der Waals surface area contributed by atoms with Crippen LogP contribution in [0.2, 0.25) is 0 Å². The first kappa shape index (κ1) is 21.2. The van der Waals surface area contributed by atoms with Gasteiger partial charge in [-0.25, -0.2) is 9.59 Å². The van der Waals surface area contributed by atoms with E-state index >= 15 is 0 Å². The van der Waals surface area contributed by atoms with Crippen molar-refractivity contribution in [3.63, 3.8) is 0 Å². The number of rotatable bonds is 5. The van der Waals surface area contributed by atoms with Crippen LogP contribution in [0.4, 0.5) is 5.69 Å². The minimum Gasteiger partial charge on any atom is -0.496 e. The minimum absolute atomic E-state index is 0.128. The summed E-state index contributed by atoms with van der Waals surface area (Å²) in [4.78, 5) is 32.9. The number of carboxylic acid groups (broad SMARTS) is 2. The number of likely N-dealkylation sites (N-methyl/N-ethyl adjacent to an activating group) is 1. The third-order valence-electron chi connectivity index (χ3n) is 4.05. The van der Waals surface area contributed by atoms with Gasteiger partial charge in [-0.05, 0) is 44.1 Å². The van der Waals surface area contributed by atoms with Gasteiger partial charge in [-0.15, -0.1) is 0 Å². The number of aliphatic carboxylic acids is 2. The van der Waals surface area contributed by atoms with Crippen molar-refractivity contribution in [2.75, 3.05) is 32.5 Å². The lowest BCUT2D eigenvalue weighted by atomic mass is 10.1. The number of anilines is 1. The van der Waals surface area contributed by atoms with E-state index in [1.54, 1.807) is 25.3 Å². The Hall–Kier alpha value is -2.81. The summed E-state index contributed by atoms with van der Waals surface area (Å²) in [7, 11) is 1.55. The average Bonchev–Trinajstić information content (AvgIpc) is 3.07. The number of hydrogen-bond donors (Lipinski definition) is 4. The number of nitrogens with zero attached hydrogens (tertiary/aromatic N) is 1. The van der Waals surface area contributed by atoms with Gasteiger partial charge < -0.3 is 26.0 Å². The lowest BCUT2D eigenvalue weighted by Gasteiger charge is -2.23. The van der Waals surface area contributed by atoms with Gasteiger partial charge in [-0.1, -0.05) is 6.92 Å². The van der Waals surface area contributed by atoms with E-state index in [-0.39, 0.29) is 5.91 Å². The maximum Gasteiger partial charge on any atom is 0.414 e. The predicted molar refractivity (Wildman–Crippen MR) is 95.3 cm³/mol. The molecule has 144 valence electrons. The zero-order valence-electron chi connectivity index (χ0n) is 14.9. The number of nitrogens with one attached hydrogen (secondary N) is 1. The van der Waals surface area contributed by atoms with Crippen LogP contribution in [0.25, 0.3) is 0 Å². The van der Waals surface area contributed by atoms with Crippen LogP contribution >= 0.6 is 0 Å². The standard InChI is InChI=1S/C15H23N3O2.C2H2O4/c1-3-18-8-4-5-12(18)10-17-15(19)13-9-11(16)6-7-14(13)20-2;3-1(4)2(5)6/h6-7,9,12H,3-5,8,10,16H2,1-2H3,(H,17,19);(H,3,4)(H,5,6). The second kappa shape index (κ2) is 10.2. The minimum atomic E-state index is -1.82. The van der Waals surface area contributed by atoms with Crippen LogP contribution in [-0.2, 0) is 9.59 Å². The first-order valence-electron chi connectivity index (χ1n) is 8.22. The highest BCUT2D eigenvalue weighted by molar-refractivity contribution is 6.27. The fraction of sp³-hybridized carbons (Fsp3) is 0.471. The smallest absolute Gasteiger partial charge is 0.414 e. The first-order valence-corrected chi connectivity index (χ1v) is 8.22. The summed E-state index contributed by atoms with van der Waals surface area (Å²) in [5.74, 6) is -3.22. The van der Waals surface area contributed by atoms with Gasteiger partial charge in [-0.3, -0.25) is 9.69 Å². The molecule has 1 amide bonds. The Labute approximate surface area is 151 Å². The molecular formula is C17H25N3O6. The molecule has 2 rings (SSSR count). The fourth-order valence-electron chi connectivity index (χ4n) is 2.75. The van der Waals surface area contributed by atoms with Crippen molar-refractivity contribution in [1.29, 1.82) is 0 Å². The van der Waals surface area contributed by atoms with Gasteiger partial charge in [0.2, 0.25) is 0 Å². The van der Waals surface area contributed by atoms with E-state index in [1.807, 2.05) is 0 Å². The second-order valence-electron chi connectivity index (χ2n) is 5.70. The largest absolute Gasteiger partial charge is 0.496 e. The maximum atomic E-state index is 12.3. The van der Waals surface area contributed by atoms with E-state index in [4.69, 9.17) is 30.3 Å². The van der Waals surface area contributed by atoms with Gasteiger partial charge in [0.25, 0.3) is 5.91 Å². The molecule has 26 heavy (non-hydrogen) atoms. The molecule has 1 saturated heterocycles. The Morgan fingerprint density at radius 2 is 1.96 bits per heavy atom. The number of methoxy groups -OCH3 is 1. The molecule has 0 spiro atoms. The third kappa shape index (κ3) is 6.25. The van der Waals surface area contributed by atoms with Crippen molar-refractivity contribution in [2.24, 2.45) is 0 Å². The summed E-state index contributed by atoms with van der Waals surface area (Å²) in [5.41, 5.74) is 6.79. The summed E-state index contributed by atoms with van der Waals surface area (Å²) >= 11 is 0. The molecule has 1 heterocycles. The highest BCUT2D eigenvalue weighted by atomic mass is 16.5. The molecule has 0 radical (unpaired) electrons. The zero-order chi connectivity index (χ0) is 19.7. The number of carboxylic acids is 2. The number of likely N-dealkylation sites (tertiary alicyclic amines) is 1. The molecule has 9 nitrogen and oxygen atoms in total. The molecule has 1 aliphatic heterocycles. The van der Waals surface area contributed by atoms with E-state index in [0.29, 0.717) is 29.6 Å². The number of nitrogens with two attached hydrogens (primary N) is 1. The normalized spacial score (nSPS) is 16.3. The van der Waals surface area contributed by atoms with E-state index in [0.717, 1.165) is 19.5 Å². The van der Waals surface area contributed by atoms with Crippen LogP contribution in [0.1, 0.15) is 30.1 Å². The van der Waals surface area contributed by atoms with Crippen LogP contribution in [0.5, 0.6) is 5.75 Å². The Bertz CT molecular complexity index is 637. The van der Waals surface area contributed by atoms with Crippen molar-refractivity contribution >= 4 is 23.5 Å². The molecule has 1 fully saturated rings. The Kier molecular flexibility index (Phi) is 8.36. The van der Waals surface area contributed by atoms with Gasteiger partial charge in [0, 0.05) is 18.3 Å². The lowest BCUT2D eigenvalue weighted by Crippen LogP contribution is -2.40. The molecule has 1 aliphatic rings. The van der Waals surface area contributed by atoms with E-state index in [2.05, 4.69) is 17.1 Å². The van der Waals surface area contributed by atoms with Gasteiger partial charge in [-0.2, -0.15) is 0 Å². The summed E-state index contributed by atoms with van der Waals surface area (Å²) in [6.45, 7) is 4.98. The van der Waals surface area contributed by atoms with Gasteiger partial charge in [0.15, 0.2) is 0 Å². The molecule has 0 aromatic heterocycles. The van der Waals surface area contributed by atoms with Gasteiger partial charge in [0.05, 0.1) is 12.7 Å². The van der Waals surface area contributed by atoms with Crippen LogP contribution in [-0.4, -0.2) is 65.7 Å².